The molecule has 2 rings (SSSR count). The smallest absolute Gasteiger partial charge is 0.297 e. The van der Waals surface area contributed by atoms with E-state index in [9.17, 15) is 18.5 Å². The fraction of sp³-hybridized carbons (Fsp3) is 0.294. The first-order valence-corrected chi connectivity index (χ1v) is 9.52. The van der Waals surface area contributed by atoms with Crippen molar-refractivity contribution >= 4 is 21.4 Å². The van der Waals surface area contributed by atoms with E-state index in [-0.39, 0.29) is 16.3 Å². The minimum Gasteiger partial charge on any atom is -0.494 e. The van der Waals surface area contributed by atoms with Crippen LogP contribution < -0.4 is 14.2 Å². The molecule has 140 valence electrons. The molecule has 0 spiro atoms. The van der Waals surface area contributed by atoms with Gasteiger partial charge < -0.3 is 9.47 Å². The Morgan fingerprint density at radius 3 is 2.27 bits per heavy atom. The third-order valence-electron chi connectivity index (χ3n) is 3.33. The fourth-order valence-electron chi connectivity index (χ4n) is 2.14. The molecule has 0 amide bonds. The van der Waals surface area contributed by atoms with E-state index in [1.807, 2.05) is 13.8 Å². The van der Waals surface area contributed by atoms with E-state index >= 15 is 0 Å². The van der Waals surface area contributed by atoms with E-state index < -0.39 is 14.9 Å². The number of anilines is 1. The summed E-state index contributed by atoms with van der Waals surface area (Å²) in [4.78, 5) is 10.6. The van der Waals surface area contributed by atoms with Crippen LogP contribution in [0.4, 0.5) is 11.4 Å². The van der Waals surface area contributed by atoms with Crippen LogP contribution in [0.25, 0.3) is 0 Å². The molecule has 0 saturated carbocycles. The molecule has 0 atom stereocenters. The summed E-state index contributed by atoms with van der Waals surface area (Å²) in [6, 6.07) is 9.79. The Morgan fingerprint density at radius 2 is 1.69 bits per heavy atom. The highest BCUT2D eigenvalue weighted by Crippen LogP contribution is 2.31. The summed E-state index contributed by atoms with van der Waals surface area (Å²) in [6.07, 6.45) is 0.750. The minimum atomic E-state index is -3.98. The number of nitro groups is 1. The topological polar surface area (TPSA) is 108 Å². The highest BCUT2D eigenvalue weighted by molar-refractivity contribution is 7.92. The summed E-state index contributed by atoms with van der Waals surface area (Å²) in [5, 5.41) is 11.3. The molecule has 0 aromatic heterocycles. The lowest BCUT2D eigenvalue weighted by Gasteiger charge is -2.11. The maximum absolute atomic E-state index is 12.5. The monoisotopic (exact) mass is 380 g/mol. The molecular formula is C17H20N2O6S. The molecule has 0 aliphatic rings. The van der Waals surface area contributed by atoms with Crippen molar-refractivity contribution in [1.29, 1.82) is 0 Å². The van der Waals surface area contributed by atoms with Gasteiger partial charge in [-0.2, -0.15) is 0 Å². The SMILES string of the molecule is CCCOc1ccc(NS(=O)(=O)c2ccc(OCC)cc2)c([N+](=O)[O-])c1. The Morgan fingerprint density at radius 1 is 1.04 bits per heavy atom. The third kappa shape index (κ3) is 4.85. The molecule has 0 heterocycles. The van der Waals surface area contributed by atoms with E-state index in [4.69, 9.17) is 9.47 Å². The van der Waals surface area contributed by atoms with E-state index in [1.165, 1.54) is 42.5 Å². The molecule has 0 aliphatic heterocycles. The van der Waals surface area contributed by atoms with E-state index in [0.29, 0.717) is 24.7 Å². The van der Waals surface area contributed by atoms with Gasteiger partial charge in [-0.3, -0.25) is 14.8 Å². The van der Waals surface area contributed by atoms with Gasteiger partial charge in [0, 0.05) is 0 Å². The van der Waals surface area contributed by atoms with Gasteiger partial charge in [0.25, 0.3) is 15.7 Å². The second-order valence-electron chi connectivity index (χ2n) is 5.29. The first-order valence-electron chi connectivity index (χ1n) is 8.04. The normalized spacial score (nSPS) is 11.0. The number of nitro benzene ring substituents is 1. The predicted octanol–water partition coefficient (Wildman–Crippen LogP) is 3.58. The van der Waals surface area contributed by atoms with Gasteiger partial charge in [-0.05, 0) is 49.7 Å². The summed E-state index contributed by atoms with van der Waals surface area (Å²) in [5.41, 5.74) is -0.513. The lowest BCUT2D eigenvalue weighted by molar-refractivity contribution is -0.384. The van der Waals surface area contributed by atoms with Crippen molar-refractivity contribution < 1.29 is 22.8 Å². The van der Waals surface area contributed by atoms with Crippen LogP contribution in [-0.2, 0) is 10.0 Å². The average Bonchev–Trinajstić information content (AvgIpc) is 2.61. The number of nitrogens with one attached hydrogen (secondary N) is 1. The summed E-state index contributed by atoms with van der Waals surface area (Å²) in [7, 11) is -3.98. The molecular weight excluding hydrogens is 360 g/mol. The summed E-state index contributed by atoms with van der Waals surface area (Å²) in [6.45, 7) is 4.60. The molecule has 0 aliphatic carbocycles. The number of hydrogen-bond acceptors (Lipinski definition) is 6. The molecule has 0 radical (unpaired) electrons. The molecule has 0 unspecified atom stereocenters. The summed E-state index contributed by atoms with van der Waals surface area (Å²) in [5.74, 6) is 0.845. The van der Waals surface area contributed by atoms with Crippen LogP contribution in [-0.4, -0.2) is 26.6 Å². The molecule has 2 aromatic rings. The lowest BCUT2D eigenvalue weighted by Crippen LogP contribution is -2.14. The van der Waals surface area contributed by atoms with Crippen LogP contribution in [0.15, 0.2) is 47.4 Å². The van der Waals surface area contributed by atoms with Crippen molar-refractivity contribution in [1.82, 2.24) is 0 Å². The number of hydrogen-bond donors (Lipinski definition) is 1. The van der Waals surface area contributed by atoms with Crippen molar-refractivity contribution in [2.24, 2.45) is 0 Å². The standard InChI is InChI=1S/C17H20N2O6S/c1-3-11-25-14-7-10-16(17(12-14)19(20)21)18-26(22,23)15-8-5-13(6-9-15)24-4-2/h5-10,12,18H,3-4,11H2,1-2H3. The number of nitrogens with zero attached hydrogens (tertiary/aromatic N) is 1. The van der Waals surface area contributed by atoms with Gasteiger partial charge in [-0.1, -0.05) is 6.92 Å². The second-order valence-corrected chi connectivity index (χ2v) is 6.98. The van der Waals surface area contributed by atoms with Gasteiger partial charge in [0.2, 0.25) is 0 Å². The Kier molecular flexibility index (Phi) is 6.40. The minimum absolute atomic E-state index is 0.0263. The predicted molar refractivity (Wildman–Crippen MR) is 97.3 cm³/mol. The van der Waals surface area contributed by atoms with Crippen LogP contribution in [0, 0.1) is 10.1 Å². The third-order valence-corrected chi connectivity index (χ3v) is 4.71. The van der Waals surface area contributed by atoms with Crippen LogP contribution in [0.5, 0.6) is 11.5 Å². The van der Waals surface area contributed by atoms with Crippen LogP contribution >= 0.6 is 0 Å². The molecule has 26 heavy (non-hydrogen) atoms. The van der Waals surface area contributed by atoms with Gasteiger partial charge in [0.05, 0.1) is 29.1 Å². The highest BCUT2D eigenvalue weighted by Gasteiger charge is 2.22. The van der Waals surface area contributed by atoms with Gasteiger partial charge in [0.1, 0.15) is 17.2 Å². The Balaban J connectivity index is 2.28. The molecule has 0 fully saturated rings. The largest absolute Gasteiger partial charge is 0.494 e. The second kappa shape index (κ2) is 8.52. The quantitative estimate of drug-likeness (QED) is 0.526. The number of sulfonamides is 1. The zero-order chi connectivity index (χ0) is 19.2. The van der Waals surface area contributed by atoms with Gasteiger partial charge in [-0.25, -0.2) is 8.42 Å². The first-order chi connectivity index (χ1) is 12.4. The molecule has 1 N–H and O–H groups in total. The zero-order valence-corrected chi connectivity index (χ0v) is 15.3. The molecule has 0 saturated heterocycles. The zero-order valence-electron chi connectivity index (χ0n) is 14.5. The molecule has 2 aromatic carbocycles. The van der Waals surface area contributed by atoms with Crippen LogP contribution in [0.1, 0.15) is 20.3 Å². The van der Waals surface area contributed by atoms with Crippen LogP contribution in [0.2, 0.25) is 0 Å². The summed E-state index contributed by atoms with van der Waals surface area (Å²) < 4.78 is 37.9. The number of benzene rings is 2. The molecule has 9 heteroatoms. The van der Waals surface area contributed by atoms with E-state index in [1.54, 1.807) is 0 Å². The lowest BCUT2D eigenvalue weighted by atomic mass is 10.2. The van der Waals surface area contributed by atoms with Gasteiger partial charge in [-0.15, -0.1) is 0 Å². The fourth-order valence-corrected chi connectivity index (χ4v) is 3.22. The van der Waals surface area contributed by atoms with Crippen molar-refractivity contribution in [2.45, 2.75) is 25.2 Å². The number of ether oxygens (including phenoxy) is 2. The van der Waals surface area contributed by atoms with Crippen molar-refractivity contribution in [3.05, 3.63) is 52.6 Å². The molecule has 8 nitrogen and oxygen atoms in total. The Bertz CT molecular complexity index is 865. The van der Waals surface area contributed by atoms with Gasteiger partial charge >= 0.3 is 0 Å². The summed E-state index contributed by atoms with van der Waals surface area (Å²) >= 11 is 0. The Labute approximate surface area is 152 Å². The van der Waals surface area contributed by atoms with E-state index in [2.05, 4.69) is 4.72 Å². The number of rotatable bonds is 9. The van der Waals surface area contributed by atoms with Crippen molar-refractivity contribution in [3.63, 3.8) is 0 Å². The van der Waals surface area contributed by atoms with Gasteiger partial charge in [0.15, 0.2) is 0 Å². The van der Waals surface area contributed by atoms with Crippen molar-refractivity contribution in [2.75, 3.05) is 17.9 Å². The van der Waals surface area contributed by atoms with E-state index in [0.717, 1.165) is 6.42 Å². The highest BCUT2D eigenvalue weighted by atomic mass is 32.2. The first kappa shape index (κ1) is 19.5. The van der Waals surface area contributed by atoms with Crippen molar-refractivity contribution in [3.8, 4) is 11.5 Å². The Hall–Kier alpha value is -2.81. The van der Waals surface area contributed by atoms with Crippen LogP contribution in [0.3, 0.4) is 0 Å². The molecule has 0 bridgehead atoms. The average molecular weight is 380 g/mol. The maximum Gasteiger partial charge on any atom is 0.297 e. The maximum atomic E-state index is 12.5.